The molecule has 2 aromatic rings. The lowest BCUT2D eigenvalue weighted by molar-refractivity contribution is -0.385. The van der Waals surface area contributed by atoms with E-state index in [1.807, 2.05) is 0 Å². The Morgan fingerprint density at radius 3 is 2.27 bits per heavy atom. The molecule has 22 heavy (non-hydrogen) atoms. The molecule has 2 aromatic carbocycles. The molecular formula is C14H13NO6S. The first-order valence-corrected chi connectivity index (χ1v) is 7.59. The van der Waals surface area contributed by atoms with Crippen molar-refractivity contribution in [3.05, 3.63) is 58.1 Å². The largest absolute Gasteiger partial charge is 0.493 e. The van der Waals surface area contributed by atoms with Crippen LogP contribution in [-0.2, 0) is 10.1 Å². The van der Waals surface area contributed by atoms with E-state index in [4.69, 9.17) is 8.92 Å². The highest BCUT2D eigenvalue weighted by atomic mass is 32.2. The van der Waals surface area contributed by atoms with Crippen molar-refractivity contribution in [3.8, 4) is 11.5 Å². The highest BCUT2D eigenvalue weighted by Crippen LogP contribution is 2.31. The molecule has 0 aliphatic carbocycles. The fraction of sp³-hybridized carbons (Fsp3) is 0.143. The van der Waals surface area contributed by atoms with Crippen molar-refractivity contribution in [2.75, 3.05) is 7.11 Å². The molecule has 7 nitrogen and oxygen atoms in total. The van der Waals surface area contributed by atoms with E-state index < -0.39 is 15.0 Å². The molecule has 0 aliphatic rings. The van der Waals surface area contributed by atoms with Gasteiger partial charge in [-0.05, 0) is 25.1 Å². The first-order chi connectivity index (χ1) is 10.4. The smallest absolute Gasteiger partial charge is 0.339 e. The molecule has 0 heterocycles. The van der Waals surface area contributed by atoms with E-state index in [1.54, 1.807) is 18.2 Å². The Balaban J connectivity index is 2.48. The van der Waals surface area contributed by atoms with Crippen LogP contribution in [0.5, 0.6) is 11.5 Å². The maximum atomic E-state index is 12.4. The second kappa shape index (κ2) is 6.02. The van der Waals surface area contributed by atoms with Gasteiger partial charge in [0, 0.05) is 11.6 Å². The van der Waals surface area contributed by atoms with E-state index in [0.29, 0.717) is 0 Å². The quantitative estimate of drug-likeness (QED) is 0.477. The summed E-state index contributed by atoms with van der Waals surface area (Å²) in [5.41, 5.74) is -0.271. The average molecular weight is 323 g/mol. The summed E-state index contributed by atoms with van der Waals surface area (Å²) in [5, 5.41) is 10.9. The Hall–Kier alpha value is -2.61. The first kappa shape index (κ1) is 15.8. The average Bonchev–Trinajstić information content (AvgIpc) is 2.47. The van der Waals surface area contributed by atoms with E-state index in [2.05, 4.69) is 0 Å². The molecule has 0 N–H and O–H groups in total. The molecular weight excluding hydrogens is 310 g/mol. The molecule has 0 aromatic heterocycles. The summed E-state index contributed by atoms with van der Waals surface area (Å²) in [6.45, 7) is 1.36. The minimum absolute atomic E-state index is 0.0101. The summed E-state index contributed by atoms with van der Waals surface area (Å²) < 4.78 is 34.8. The third-order valence-electron chi connectivity index (χ3n) is 2.99. The number of nitro benzene ring substituents is 1. The van der Waals surface area contributed by atoms with Crippen LogP contribution in [0.25, 0.3) is 0 Å². The van der Waals surface area contributed by atoms with E-state index in [0.717, 1.165) is 0 Å². The first-order valence-electron chi connectivity index (χ1n) is 6.18. The van der Waals surface area contributed by atoms with Crippen molar-refractivity contribution in [3.63, 3.8) is 0 Å². The Bertz CT molecular complexity index is 816. The van der Waals surface area contributed by atoms with Crippen molar-refractivity contribution < 1.29 is 22.3 Å². The van der Waals surface area contributed by atoms with E-state index >= 15 is 0 Å². The summed E-state index contributed by atoms with van der Waals surface area (Å²) in [5.74, 6) is 0.255. The van der Waals surface area contributed by atoms with Gasteiger partial charge in [-0.15, -0.1) is 0 Å². The predicted molar refractivity (Wildman–Crippen MR) is 78.6 cm³/mol. The zero-order valence-electron chi connectivity index (χ0n) is 11.8. The second-order valence-corrected chi connectivity index (χ2v) is 5.86. The van der Waals surface area contributed by atoms with Crippen molar-refractivity contribution >= 4 is 15.8 Å². The molecule has 0 atom stereocenters. The summed E-state index contributed by atoms with van der Waals surface area (Å²) in [6, 6.07) is 10.0. The zero-order chi connectivity index (χ0) is 16.3. The van der Waals surface area contributed by atoms with Gasteiger partial charge in [-0.2, -0.15) is 8.42 Å². The van der Waals surface area contributed by atoms with Crippen LogP contribution in [0, 0.1) is 17.0 Å². The fourth-order valence-corrected chi connectivity index (χ4v) is 3.11. The number of ether oxygens (including phenoxy) is 1. The highest BCUT2D eigenvalue weighted by Gasteiger charge is 2.25. The van der Waals surface area contributed by atoms with Crippen molar-refractivity contribution in [2.24, 2.45) is 0 Å². The van der Waals surface area contributed by atoms with Crippen molar-refractivity contribution in [1.82, 2.24) is 0 Å². The SMILES string of the molecule is COc1ccccc1OS(=O)(=O)c1cccc([N+](=O)[O-])c1C. The van der Waals surface area contributed by atoms with Gasteiger partial charge in [0.25, 0.3) is 5.69 Å². The fourth-order valence-electron chi connectivity index (χ4n) is 1.92. The van der Waals surface area contributed by atoms with Crippen LogP contribution in [-0.4, -0.2) is 20.5 Å². The molecule has 0 saturated carbocycles. The highest BCUT2D eigenvalue weighted by molar-refractivity contribution is 7.87. The Morgan fingerprint density at radius 1 is 1.05 bits per heavy atom. The number of benzene rings is 2. The van der Waals surface area contributed by atoms with Gasteiger partial charge in [0.05, 0.1) is 12.0 Å². The summed E-state index contributed by atoms with van der Waals surface area (Å²) in [4.78, 5) is 10.0. The lowest BCUT2D eigenvalue weighted by Gasteiger charge is -2.11. The van der Waals surface area contributed by atoms with E-state index in [1.165, 1.54) is 38.3 Å². The van der Waals surface area contributed by atoms with Crippen LogP contribution in [0.4, 0.5) is 5.69 Å². The van der Waals surface area contributed by atoms with Gasteiger partial charge >= 0.3 is 10.1 Å². The van der Waals surface area contributed by atoms with Crippen LogP contribution in [0.1, 0.15) is 5.56 Å². The molecule has 0 fully saturated rings. The maximum Gasteiger partial charge on any atom is 0.339 e. The maximum absolute atomic E-state index is 12.4. The predicted octanol–water partition coefficient (Wildman–Crippen LogP) is 2.68. The number of rotatable bonds is 5. The number of para-hydroxylation sites is 2. The molecule has 2 rings (SSSR count). The summed E-state index contributed by atoms with van der Waals surface area (Å²) in [6.07, 6.45) is 0. The van der Waals surface area contributed by atoms with Gasteiger partial charge < -0.3 is 8.92 Å². The second-order valence-electron chi connectivity index (χ2n) is 4.35. The van der Waals surface area contributed by atoms with Crippen molar-refractivity contribution in [1.29, 1.82) is 0 Å². The van der Waals surface area contributed by atoms with E-state index in [9.17, 15) is 18.5 Å². The van der Waals surface area contributed by atoms with Crippen LogP contribution in [0.15, 0.2) is 47.4 Å². The monoisotopic (exact) mass is 323 g/mol. The molecule has 0 bridgehead atoms. The molecule has 0 unspecified atom stereocenters. The number of hydrogen-bond acceptors (Lipinski definition) is 6. The molecule has 8 heteroatoms. The summed E-state index contributed by atoms with van der Waals surface area (Å²) in [7, 11) is -2.83. The third-order valence-corrected chi connectivity index (χ3v) is 4.37. The molecule has 0 aliphatic heterocycles. The van der Waals surface area contributed by atoms with Crippen molar-refractivity contribution in [2.45, 2.75) is 11.8 Å². The van der Waals surface area contributed by atoms with Gasteiger partial charge in [-0.25, -0.2) is 0 Å². The molecule has 116 valence electrons. The number of hydrogen-bond donors (Lipinski definition) is 0. The van der Waals surface area contributed by atoms with Gasteiger partial charge in [0.15, 0.2) is 11.5 Å². The molecule has 0 saturated heterocycles. The Labute approximate surface area is 127 Å². The Kier molecular flexibility index (Phi) is 4.32. The van der Waals surface area contributed by atoms with Gasteiger partial charge in [0.2, 0.25) is 0 Å². The minimum atomic E-state index is -4.22. The Morgan fingerprint density at radius 2 is 1.68 bits per heavy atom. The van der Waals surface area contributed by atoms with Gasteiger partial charge in [-0.3, -0.25) is 10.1 Å². The van der Waals surface area contributed by atoms with Gasteiger partial charge in [0.1, 0.15) is 4.90 Å². The third kappa shape index (κ3) is 3.01. The normalized spacial score (nSPS) is 11.0. The van der Waals surface area contributed by atoms with E-state index in [-0.39, 0.29) is 27.6 Å². The van der Waals surface area contributed by atoms with Crippen LogP contribution < -0.4 is 8.92 Å². The van der Waals surface area contributed by atoms with Crippen LogP contribution >= 0.6 is 0 Å². The number of nitro groups is 1. The number of methoxy groups -OCH3 is 1. The molecule has 0 amide bonds. The van der Waals surface area contributed by atoms with Crippen LogP contribution in [0.3, 0.4) is 0 Å². The molecule has 0 spiro atoms. The van der Waals surface area contributed by atoms with Crippen LogP contribution in [0.2, 0.25) is 0 Å². The van der Waals surface area contributed by atoms with Gasteiger partial charge in [-0.1, -0.05) is 18.2 Å². The lowest BCUT2D eigenvalue weighted by Crippen LogP contribution is -2.12. The summed E-state index contributed by atoms with van der Waals surface area (Å²) >= 11 is 0. The minimum Gasteiger partial charge on any atom is -0.493 e. The topological polar surface area (TPSA) is 95.7 Å². The standard InChI is InChI=1S/C14H13NO6S/c1-10-11(15(16)17)6-5-9-14(10)22(18,19)21-13-8-4-3-7-12(13)20-2/h3-9H,1-2H3. The number of nitrogens with zero attached hydrogens (tertiary/aromatic N) is 1. The lowest BCUT2D eigenvalue weighted by atomic mass is 10.2. The zero-order valence-corrected chi connectivity index (χ0v) is 12.7. The molecule has 0 radical (unpaired) electrons.